The molecule has 0 unspecified atom stereocenters. The topological polar surface area (TPSA) is 69.3 Å². The number of nitriles is 1. The van der Waals surface area contributed by atoms with E-state index in [1.54, 1.807) is 11.9 Å². The van der Waals surface area contributed by atoms with Gasteiger partial charge in [0.25, 0.3) is 11.5 Å². The van der Waals surface area contributed by atoms with Crippen molar-refractivity contribution in [2.75, 3.05) is 31.1 Å². The van der Waals surface area contributed by atoms with Gasteiger partial charge in [-0.15, -0.1) is 0 Å². The summed E-state index contributed by atoms with van der Waals surface area (Å²) in [5.74, 6) is -0.534. The number of benzene rings is 2. The third-order valence-electron chi connectivity index (χ3n) is 5.61. The van der Waals surface area contributed by atoms with Crippen LogP contribution in [0.1, 0.15) is 21.5 Å². The van der Waals surface area contributed by atoms with Crippen molar-refractivity contribution in [1.82, 2.24) is 9.47 Å². The largest absolute Gasteiger partial charge is 0.366 e. The van der Waals surface area contributed by atoms with Gasteiger partial charge in [-0.05, 0) is 43.3 Å². The highest BCUT2D eigenvalue weighted by atomic mass is 19.1. The Kier molecular flexibility index (Phi) is 5.00. The fourth-order valence-corrected chi connectivity index (χ4v) is 3.98. The number of carbonyl (C=O) groups excluding carboxylic acids is 1. The Balaban J connectivity index is 1.67. The van der Waals surface area contributed by atoms with E-state index in [1.165, 1.54) is 28.8 Å². The molecule has 0 radical (unpaired) electrons. The van der Waals surface area contributed by atoms with Crippen LogP contribution in [0.4, 0.5) is 10.1 Å². The molecule has 1 saturated heterocycles. The summed E-state index contributed by atoms with van der Waals surface area (Å²) in [5.41, 5.74) is 2.67. The normalized spacial score (nSPS) is 14.1. The Hall–Kier alpha value is -3.66. The predicted octanol–water partition coefficient (Wildman–Crippen LogP) is 2.82. The minimum absolute atomic E-state index is 0.119. The molecule has 3 aromatic rings. The minimum Gasteiger partial charge on any atom is -0.366 e. The van der Waals surface area contributed by atoms with Crippen LogP contribution in [-0.4, -0.2) is 41.6 Å². The van der Waals surface area contributed by atoms with E-state index in [0.29, 0.717) is 37.4 Å². The van der Waals surface area contributed by atoms with Gasteiger partial charge in [0.1, 0.15) is 17.4 Å². The van der Waals surface area contributed by atoms with Crippen molar-refractivity contribution in [1.29, 1.82) is 5.26 Å². The SMILES string of the molecule is Cc1ccc2c(c1)c(N1CCN(C(=O)c3ccc(F)cc3)CC1)c(C#N)c(=O)n2C. The average Bonchev–Trinajstić information content (AvgIpc) is 2.76. The summed E-state index contributed by atoms with van der Waals surface area (Å²) in [6.45, 7) is 3.86. The van der Waals surface area contributed by atoms with Crippen LogP contribution in [0, 0.1) is 24.1 Å². The number of rotatable bonds is 2. The summed E-state index contributed by atoms with van der Waals surface area (Å²) in [7, 11) is 1.67. The number of piperazine rings is 1. The molecule has 0 N–H and O–H groups in total. The third kappa shape index (κ3) is 3.30. The third-order valence-corrected chi connectivity index (χ3v) is 5.61. The Morgan fingerprint density at radius 2 is 1.73 bits per heavy atom. The monoisotopic (exact) mass is 404 g/mol. The molecule has 4 rings (SSSR count). The molecule has 0 spiro atoms. The number of fused-ring (bicyclic) bond motifs is 1. The molecule has 0 saturated carbocycles. The molecule has 1 aromatic heterocycles. The second kappa shape index (κ2) is 7.64. The van der Waals surface area contributed by atoms with Crippen LogP contribution in [0.3, 0.4) is 0 Å². The zero-order valence-electron chi connectivity index (χ0n) is 16.9. The fourth-order valence-electron chi connectivity index (χ4n) is 3.98. The zero-order valence-corrected chi connectivity index (χ0v) is 16.9. The summed E-state index contributed by atoms with van der Waals surface area (Å²) in [5, 5.41) is 10.6. The second-order valence-corrected chi connectivity index (χ2v) is 7.51. The summed E-state index contributed by atoms with van der Waals surface area (Å²) >= 11 is 0. The van der Waals surface area contributed by atoms with Crippen molar-refractivity contribution in [3.8, 4) is 6.07 Å². The quantitative estimate of drug-likeness (QED) is 0.659. The van der Waals surface area contributed by atoms with Gasteiger partial charge in [0.2, 0.25) is 0 Å². The van der Waals surface area contributed by atoms with Crippen LogP contribution in [0.15, 0.2) is 47.3 Å². The van der Waals surface area contributed by atoms with Gasteiger partial charge < -0.3 is 14.4 Å². The van der Waals surface area contributed by atoms with Gasteiger partial charge >= 0.3 is 0 Å². The fraction of sp³-hybridized carbons (Fsp3) is 0.261. The number of pyridine rings is 1. The van der Waals surface area contributed by atoms with E-state index in [2.05, 4.69) is 6.07 Å². The van der Waals surface area contributed by atoms with Crippen LogP contribution < -0.4 is 10.5 Å². The molecule has 0 bridgehead atoms. The number of hydrogen-bond donors (Lipinski definition) is 0. The number of nitrogens with zero attached hydrogens (tertiary/aromatic N) is 4. The number of hydrogen-bond acceptors (Lipinski definition) is 4. The molecule has 1 fully saturated rings. The predicted molar refractivity (Wildman–Crippen MR) is 113 cm³/mol. The number of aromatic nitrogens is 1. The van der Waals surface area contributed by atoms with Gasteiger partial charge in [-0.2, -0.15) is 5.26 Å². The van der Waals surface area contributed by atoms with Crippen LogP contribution in [0.2, 0.25) is 0 Å². The van der Waals surface area contributed by atoms with Crippen LogP contribution in [-0.2, 0) is 7.05 Å². The Bertz CT molecular complexity index is 1230. The molecule has 0 atom stereocenters. The van der Waals surface area contributed by atoms with Crippen LogP contribution >= 0.6 is 0 Å². The summed E-state index contributed by atoms with van der Waals surface area (Å²) in [6.07, 6.45) is 0. The van der Waals surface area contributed by atoms with Gasteiger partial charge in [0, 0.05) is 44.2 Å². The maximum atomic E-state index is 13.1. The Morgan fingerprint density at radius 3 is 2.37 bits per heavy atom. The molecule has 1 aliphatic rings. The van der Waals surface area contributed by atoms with Crippen molar-refractivity contribution in [2.45, 2.75) is 6.92 Å². The lowest BCUT2D eigenvalue weighted by atomic mass is 10.0. The first-order valence-corrected chi connectivity index (χ1v) is 9.74. The number of carbonyl (C=O) groups is 1. The lowest BCUT2D eigenvalue weighted by Gasteiger charge is -2.37. The molecule has 7 heteroatoms. The number of aryl methyl sites for hydroxylation is 2. The van der Waals surface area contributed by atoms with Crippen molar-refractivity contribution in [2.24, 2.45) is 7.05 Å². The van der Waals surface area contributed by atoms with Gasteiger partial charge in [0.05, 0.1) is 11.2 Å². The van der Waals surface area contributed by atoms with E-state index in [9.17, 15) is 19.2 Å². The van der Waals surface area contributed by atoms with Crippen molar-refractivity contribution >= 4 is 22.5 Å². The molecular formula is C23H21FN4O2. The van der Waals surface area contributed by atoms with Gasteiger partial charge in [-0.1, -0.05) is 11.6 Å². The van der Waals surface area contributed by atoms with E-state index >= 15 is 0 Å². The van der Waals surface area contributed by atoms with Crippen molar-refractivity contribution in [3.05, 3.63) is 75.3 Å². The second-order valence-electron chi connectivity index (χ2n) is 7.51. The van der Waals surface area contributed by atoms with Gasteiger partial charge in [0.15, 0.2) is 0 Å². The highest BCUT2D eigenvalue weighted by Gasteiger charge is 2.26. The molecule has 2 heterocycles. The van der Waals surface area contributed by atoms with E-state index < -0.39 is 0 Å². The summed E-state index contributed by atoms with van der Waals surface area (Å²) < 4.78 is 14.6. The molecule has 30 heavy (non-hydrogen) atoms. The smallest absolute Gasteiger partial charge is 0.270 e. The van der Waals surface area contributed by atoms with E-state index in [0.717, 1.165) is 16.5 Å². The number of amides is 1. The van der Waals surface area contributed by atoms with E-state index in [4.69, 9.17) is 0 Å². The van der Waals surface area contributed by atoms with Crippen LogP contribution in [0.5, 0.6) is 0 Å². The van der Waals surface area contributed by atoms with Crippen molar-refractivity contribution < 1.29 is 9.18 Å². The molecule has 152 valence electrons. The maximum absolute atomic E-state index is 13.1. The molecule has 1 aliphatic heterocycles. The van der Waals surface area contributed by atoms with E-state index in [1.807, 2.05) is 30.0 Å². The first kappa shape index (κ1) is 19.6. The highest BCUT2D eigenvalue weighted by molar-refractivity contribution is 5.96. The average molecular weight is 404 g/mol. The molecule has 2 aromatic carbocycles. The lowest BCUT2D eigenvalue weighted by Crippen LogP contribution is -2.49. The van der Waals surface area contributed by atoms with Gasteiger partial charge in [-0.3, -0.25) is 9.59 Å². The molecule has 6 nitrogen and oxygen atoms in total. The number of anilines is 1. The maximum Gasteiger partial charge on any atom is 0.270 e. The van der Waals surface area contributed by atoms with Crippen molar-refractivity contribution in [3.63, 3.8) is 0 Å². The molecule has 1 amide bonds. The first-order chi connectivity index (χ1) is 14.4. The molecule has 0 aliphatic carbocycles. The van der Waals surface area contributed by atoms with Gasteiger partial charge in [-0.25, -0.2) is 4.39 Å². The first-order valence-electron chi connectivity index (χ1n) is 9.74. The Morgan fingerprint density at radius 1 is 1.07 bits per heavy atom. The standard InChI is InChI=1S/C23H21FN4O2/c1-15-3-8-20-18(13-15)21(19(14-25)23(30)26(20)2)27-9-11-28(12-10-27)22(29)16-4-6-17(24)7-5-16/h3-8,13H,9-12H2,1-2H3. The molecular weight excluding hydrogens is 383 g/mol. The summed E-state index contributed by atoms with van der Waals surface area (Å²) in [4.78, 5) is 29.2. The Labute approximate surface area is 173 Å². The highest BCUT2D eigenvalue weighted by Crippen LogP contribution is 2.30. The minimum atomic E-state index is -0.381. The summed E-state index contributed by atoms with van der Waals surface area (Å²) in [6, 6.07) is 13.4. The number of halogens is 1. The van der Waals surface area contributed by atoms with Crippen LogP contribution in [0.25, 0.3) is 10.9 Å². The zero-order chi connectivity index (χ0) is 21.4. The van der Waals surface area contributed by atoms with E-state index in [-0.39, 0.29) is 22.8 Å². The lowest BCUT2D eigenvalue weighted by molar-refractivity contribution is 0.0747.